The molecule has 138 valence electrons. The van der Waals surface area contributed by atoms with E-state index in [0.29, 0.717) is 31.3 Å². The number of hydrogen-bond acceptors (Lipinski definition) is 7. The molecule has 8 heteroatoms. The molecule has 2 saturated heterocycles. The summed E-state index contributed by atoms with van der Waals surface area (Å²) >= 11 is 0. The summed E-state index contributed by atoms with van der Waals surface area (Å²) in [6.07, 6.45) is 3.14. The fourth-order valence-corrected chi connectivity index (χ4v) is 5.28. The summed E-state index contributed by atoms with van der Waals surface area (Å²) in [4.78, 5) is 4.35. The van der Waals surface area contributed by atoms with Gasteiger partial charge in [-0.25, -0.2) is 8.42 Å². The Morgan fingerprint density at radius 3 is 2.48 bits per heavy atom. The molecule has 2 aliphatic heterocycles. The number of aromatic nitrogens is 2. The van der Waals surface area contributed by atoms with Crippen LogP contribution in [0, 0.1) is 0 Å². The van der Waals surface area contributed by atoms with Crippen molar-refractivity contribution >= 4 is 15.7 Å². The predicted octanol–water partition coefficient (Wildman–Crippen LogP) is 0.414. The van der Waals surface area contributed by atoms with Crippen LogP contribution < -0.4 is 4.90 Å². The molecule has 4 rings (SSSR count). The van der Waals surface area contributed by atoms with Gasteiger partial charge in [0.05, 0.1) is 22.8 Å². The molecule has 1 aliphatic carbocycles. The Hall–Kier alpha value is -1.25. The van der Waals surface area contributed by atoms with E-state index in [1.54, 1.807) is 0 Å². The molecule has 0 spiro atoms. The van der Waals surface area contributed by atoms with E-state index in [1.165, 1.54) is 12.8 Å². The highest BCUT2D eigenvalue weighted by molar-refractivity contribution is 7.91. The summed E-state index contributed by atoms with van der Waals surface area (Å²) in [7, 11) is -0.949. The van der Waals surface area contributed by atoms with Crippen LogP contribution in [0.4, 0.5) is 5.82 Å². The molecule has 0 aromatic carbocycles. The first kappa shape index (κ1) is 17.2. The third kappa shape index (κ3) is 3.80. The molecule has 3 heterocycles. The van der Waals surface area contributed by atoms with E-state index < -0.39 is 15.4 Å². The molecule has 0 unspecified atom stereocenters. The van der Waals surface area contributed by atoms with E-state index in [0.717, 1.165) is 24.6 Å². The van der Waals surface area contributed by atoms with Crippen LogP contribution in [0.2, 0.25) is 0 Å². The van der Waals surface area contributed by atoms with E-state index in [1.807, 2.05) is 7.05 Å². The Kier molecular flexibility index (Phi) is 4.24. The van der Waals surface area contributed by atoms with Crippen LogP contribution in [0.5, 0.6) is 0 Å². The van der Waals surface area contributed by atoms with Gasteiger partial charge in [-0.3, -0.25) is 4.90 Å². The quantitative estimate of drug-likeness (QED) is 0.808. The zero-order valence-corrected chi connectivity index (χ0v) is 15.5. The molecule has 0 radical (unpaired) electrons. The molecule has 1 saturated carbocycles. The summed E-state index contributed by atoms with van der Waals surface area (Å²) in [5.74, 6) is 1.72. The first-order valence-corrected chi connectivity index (χ1v) is 10.9. The van der Waals surface area contributed by atoms with Crippen molar-refractivity contribution < 1.29 is 13.5 Å². The highest BCUT2D eigenvalue weighted by Crippen LogP contribution is 2.39. The Morgan fingerprint density at radius 1 is 1.24 bits per heavy atom. The second-order valence-corrected chi connectivity index (χ2v) is 10.2. The lowest BCUT2D eigenvalue weighted by molar-refractivity contribution is -0.0115. The van der Waals surface area contributed by atoms with Gasteiger partial charge in [0.15, 0.2) is 15.7 Å². The number of aliphatic hydroxyl groups is 1. The monoisotopic (exact) mass is 366 g/mol. The van der Waals surface area contributed by atoms with Crippen LogP contribution in [0.25, 0.3) is 0 Å². The van der Waals surface area contributed by atoms with Gasteiger partial charge in [0, 0.05) is 31.6 Å². The Balaban J connectivity index is 1.28. The first-order chi connectivity index (χ1) is 11.8. The molecule has 0 amide bonds. The van der Waals surface area contributed by atoms with Crippen LogP contribution in [0.3, 0.4) is 0 Å². The zero-order chi connectivity index (χ0) is 17.7. The number of nitrogens with zero attached hydrogens (tertiary/aromatic N) is 4. The molecule has 3 fully saturated rings. The predicted molar refractivity (Wildman–Crippen MR) is 95.5 cm³/mol. The van der Waals surface area contributed by atoms with Gasteiger partial charge in [-0.15, -0.1) is 5.10 Å². The summed E-state index contributed by atoms with van der Waals surface area (Å²) in [6.45, 7) is 2.25. The van der Waals surface area contributed by atoms with Crippen LogP contribution in [0.15, 0.2) is 12.1 Å². The van der Waals surface area contributed by atoms with E-state index in [9.17, 15) is 13.5 Å². The zero-order valence-electron chi connectivity index (χ0n) is 14.6. The standard InChI is InChI=1S/C17H26N4O3S/c1-20(12-17(22)6-8-25(23,24)9-7-17)14-10-21(11-14)16-5-4-15(18-19-16)13-2-3-13/h4-5,13-14,22H,2-3,6-12H2,1H3. The maximum absolute atomic E-state index is 11.6. The van der Waals surface area contributed by atoms with E-state index in [2.05, 4.69) is 32.1 Å². The second-order valence-electron chi connectivity index (χ2n) is 7.94. The van der Waals surface area contributed by atoms with Gasteiger partial charge in [0.25, 0.3) is 0 Å². The molecule has 0 bridgehead atoms. The summed E-state index contributed by atoms with van der Waals surface area (Å²) in [5.41, 5.74) is 0.221. The van der Waals surface area contributed by atoms with Gasteiger partial charge in [0.2, 0.25) is 0 Å². The van der Waals surface area contributed by atoms with Gasteiger partial charge in [-0.2, -0.15) is 5.10 Å². The maximum Gasteiger partial charge on any atom is 0.151 e. The van der Waals surface area contributed by atoms with Gasteiger partial charge < -0.3 is 10.0 Å². The van der Waals surface area contributed by atoms with Crippen LogP contribution in [-0.4, -0.2) is 78.5 Å². The topological polar surface area (TPSA) is 86.6 Å². The minimum absolute atomic E-state index is 0.0943. The van der Waals surface area contributed by atoms with Crippen molar-refractivity contribution in [2.75, 3.05) is 43.1 Å². The SMILES string of the molecule is CN(CC1(O)CCS(=O)(=O)CC1)C1CN(c2ccc(C3CC3)nn2)C1. The molecule has 7 nitrogen and oxygen atoms in total. The molecule has 1 aromatic heterocycles. The lowest BCUT2D eigenvalue weighted by Gasteiger charge is -2.47. The Labute approximate surface area is 149 Å². The number of sulfone groups is 1. The highest BCUT2D eigenvalue weighted by atomic mass is 32.2. The van der Waals surface area contributed by atoms with Crippen molar-refractivity contribution in [3.05, 3.63) is 17.8 Å². The molecule has 1 N–H and O–H groups in total. The molecule has 1 aromatic rings. The van der Waals surface area contributed by atoms with Gasteiger partial charge in [-0.1, -0.05) is 0 Å². The Morgan fingerprint density at radius 2 is 1.92 bits per heavy atom. The minimum atomic E-state index is -2.95. The lowest BCUT2D eigenvalue weighted by atomic mass is 9.94. The third-order valence-electron chi connectivity index (χ3n) is 5.78. The van der Waals surface area contributed by atoms with Gasteiger partial charge in [-0.05, 0) is 44.9 Å². The number of hydrogen-bond donors (Lipinski definition) is 1. The van der Waals surface area contributed by atoms with Gasteiger partial charge >= 0.3 is 0 Å². The van der Waals surface area contributed by atoms with Gasteiger partial charge in [0.1, 0.15) is 0 Å². The first-order valence-electron chi connectivity index (χ1n) is 9.05. The average molecular weight is 366 g/mol. The normalized spacial score (nSPS) is 25.8. The molecule has 3 aliphatic rings. The van der Waals surface area contributed by atoms with Crippen molar-refractivity contribution in [2.24, 2.45) is 0 Å². The fraction of sp³-hybridized carbons (Fsp3) is 0.765. The van der Waals surface area contributed by atoms with Crippen molar-refractivity contribution in [2.45, 2.75) is 43.2 Å². The Bertz CT molecular complexity index is 713. The summed E-state index contributed by atoms with van der Waals surface area (Å²) in [6, 6.07) is 4.49. The number of rotatable bonds is 5. The van der Waals surface area contributed by atoms with Crippen molar-refractivity contribution in [1.82, 2.24) is 15.1 Å². The minimum Gasteiger partial charge on any atom is -0.388 e. The maximum atomic E-state index is 11.6. The fourth-order valence-electron chi connectivity index (χ4n) is 3.69. The largest absolute Gasteiger partial charge is 0.388 e. The molecule has 0 atom stereocenters. The van der Waals surface area contributed by atoms with E-state index in [-0.39, 0.29) is 11.5 Å². The van der Waals surface area contributed by atoms with E-state index >= 15 is 0 Å². The smallest absolute Gasteiger partial charge is 0.151 e. The summed E-state index contributed by atoms with van der Waals surface area (Å²) < 4.78 is 23.1. The number of anilines is 1. The van der Waals surface area contributed by atoms with Crippen molar-refractivity contribution in [3.63, 3.8) is 0 Å². The summed E-state index contributed by atoms with van der Waals surface area (Å²) in [5, 5.41) is 19.3. The third-order valence-corrected chi connectivity index (χ3v) is 7.43. The molecular weight excluding hydrogens is 340 g/mol. The lowest BCUT2D eigenvalue weighted by Crippen LogP contribution is -2.61. The van der Waals surface area contributed by atoms with Crippen molar-refractivity contribution in [3.8, 4) is 0 Å². The highest BCUT2D eigenvalue weighted by Gasteiger charge is 2.39. The van der Waals surface area contributed by atoms with E-state index in [4.69, 9.17) is 0 Å². The van der Waals surface area contributed by atoms with Crippen LogP contribution >= 0.6 is 0 Å². The molecular formula is C17H26N4O3S. The average Bonchev–Trinajstić information content (AvgIpc) is 3.35. The van der Waals surface area contributed by atoms with Crippen molar-refractivity contribution in [1.29, 1.82) is 0 Å². The van der Waals surface area contributed by atoms with Crippen LogP contribution in [-0.2, 0) is 9.84 Å². The number of likely N-dealkylation sites (N-methyl/N-ethyl adjacent to an activating group) is 1. The van der Waals surface area contributed by atoms with Crippen LogP contribution in [0.1, 0.15) is 37.3 Å². The molecule has 25 heavy (non-hydrogen) atoms. The second kappa shape index (κ2) is 6.17.